The first-order valence-corrected chi connectivity index (χ1v) is 8.12. The highest BCUT2D eigenvalue weighted by molar-refractivity contribution is 5.93. The number of rotatable bonds is 5. The number of aromatic nitrogens is 2. The molecule has 128 valence electrons. The largest absolute Gasteiger partial charge is 0.341 e. The first kappa shape index (κ1) is 16.6. The molecule has 1 saturated carbocycles. The van der Waals surface area contributed by atoms with Crippen LogP contribution in [0.1, 0.15) is 48.4 Å². The van der Waals surface area contributed by atoms with Gasteiger partial charge in [-0.3, -0.25) is 9.48 Å². The summed E-state index contributed by atoms with van der Waals surface area (Å²) in [5.74, 6) is -0.889. The van der Waals surface area contributed by atoms with Gasteiger partial charge < -0.3 is 5.32 Å². The normalized spacial score (nSPS) is 15.6. The number of benzene rings is 1. The summed E-state index contributed by atoms with van der Waals surface area (Å²) in [6.45, 7) is 4.17. The van der Waals surface area contributed by atoms with Gasteiger partial charge in [-0.15, -0.1) is 0 Å². The highest BCUT2D eigenvalue weighted by Gasteiger charge is 2.48. The summed E-state index contributed by atoms with van der Waals surface area (Å²) in [5, 5.41) is 7.22. The highest BCUT2D eigenvalue weighted by Crippen LogP contribution is 2.46. The lowest BCUT2D eigenvalue weighted by Gasteiger charge is -2.18. The van der Waals surface area contributed by atoms with Crippen molar-refractivity contribution in [3.05, 3.63) is 52.9 Å². The summed E-state index contributed by atoms with van der Waals surface area (Å²) in [5.41, 5.74) is 0.666. The molecular weight excluding hydrogens is 312 g/mol. The first-order chi connectivity index (χ1) is 11.3. The van der Waals surface area contributed by atoms with Crippen LogP contribution in [0.15, 0.2) is 24.3 Å². The Morgan fingerprint density at radius 3 is 2.67 bits per heavy atom. The molecule has 1 aliphatic carbocycles. The van der Waals surface area contributed by atoms with E-state index in [0.29, 0.717) is 24.5 Å². The lowest BCUT2D eigenvalue weighted by atomic mass is 10.0. The molecule has 0 spiro atoms. The maximum absolute atomic E-state index is 14.0. The molecule has 0 atom stereocenters. The predicted octanol–water partition coefficient (Wildman–Crippen LogP) is 3.32. The zero-order valence-corrected chi connectivity index (χ0v) is 14.1. The molecule has 1 aromatic carbocycles. The van der Waals surface area contributed by atoms with Crippen molar-refractivity contribution in [3.63, 3.8) is 0 Å². The standard InChI is InChI=1S/C18H21F2N3O/c1-11(2)8-13-10-16(23(3)22-13)17(24)21-18(6-7-18)14-9-12(19)4-5-15(14)20/h4-5,9-11H,6-8H2,1-3H3,(H,21,24). The van der Waals surface area contributed by atoms with E-state index in [0.717, 1.165) is 30.3 Å². The van der Waals surface area contributed by atoms with Gasteiger partial charge in [0.2, 0.25) is 0 Å². The zero-order chi connectivity index (χ0) is 17.5. The van der Waals surface area contributed by atoms with E-state index < -0.39 is 17.2 Å². The molecule has 2 aromatic rings. The topological polar surface area (TPSA) is 46.9 Å². The minimum absolute atomic E-state index is 0.209. The quantitative estimate of drug-likeness (QED) is 0.912. The van der Waals surface area contributed by atoms with E-state index >= 15 is 0 Å². The molecule has 24 heavy (non-hydrogen) atoms. The summed E-state index contributed by atoms with van der Waals surface area (Å²) >= 11 is 0. The molecule has 1 aliphatic rings. The van der Waals surface area contributed by atoms with Gasteiger partial charge >= 0.3 is 0 Å². The minimum atomic E-state index is -0.814. The van der Waals surface area contributed by atoms with E-state index in [1.54, 1.807) is 13.1 Å². The monoisotopic (exact) mass is 333 g/mol. The Hall–Kier alpha value is -2.24. The molecule has 1 aromatic heterocycles. The molecule has 6 heteroatoms. The summed E-state index contributed by atoms with van der Waals surface area (Å²) in [6, 6.07) is 5.10. The number of halogens is 2. The van der Waals surface area contributed by atoms with Crippen LogP contribution in [0.4, 0.5) is 8.78 Å². The van der Waals surface area contributed by atoms with Crippen LogP contribution in [0.2, 0.25) is 0 Å². The lowest BCUT2D eigenvalue weighted by molar-refractivity contribution is 0.0920. The van der Waals surface area contributed by atoms with E-state index in [2.05, 4.69) is 24.3 Å². The summed E-state index contributed by atoms with van der Waals surface area (Å²) in [6.07, 6.45) is 1.97. The Balaban J connectivity index is 1.82. The third kappa shape index (κ3) is 3.18. The second-order valence-corrected chi connectivity index (χ2v) is 6.90. The van der Waals surface area contributed by atoms with Crippen LogP contribution in [0.25, 0.3) is 0 Å². The first-order valence-electron chi connectivity index (χ1n) is 8.12. The lowest BCUT2D eigenvalue weighted by Crippen LogP contribution is -2.36. The average molecular weight is 333 g/mol. The molecule has 1 heterocycles. The van der Waals surface area contributed by atoms with E-state index in [1.165, 1.54) is 4.68 Å². The van der Waals surface area contributed by atoms with E-state index in [-0.39, 0.29) is 11.5 Å². The second kappa shape index (κ2) is 6.00. The molecule has 1 N–H and O–H groups in total. The van der Waals surface area contributed by atoms with Crippen LogP contribution in [0.3, 0.4) is 0 Å². The van der Waals surface area contributed by atoms with Crippen molar-refractivity contribution in [2.45, 2.75) is 38.6 Å². The van der Waals surface area contributed by atoms with Gasteiger partial charge in [-0.05, 0) is 49.4 Å². The number of carbonyl (C=O) groups excluding carboxylic acids is 1. The number of amides is 1. The Morgan fingerprint density at radius 1 is 1.33 bits per heavy atom. The number of aryl methyl sites for hydroxylation is 1. The van der Waals surface area contributed by atoms with Crippen molar-refractivity contribution in [2.75, 3.05) is 0 Å². The third-order valence-electron chi connectivity index (χ3n) is 4.33. The minimum Gasteiger partial charge on any atom is -0.341 e. The Labute approximate surface area is 139 Å². The number of nitrogens with one attached hydrogen (secondary N) is 1. The predicted molar refractivity (Wildman–Crippen MR) is 86.5 cm³/mol. The van der Waals surface area contributed by atoms with Gasteiger partial charge in [0.15, 0.2) is 0 Å². The summed E-state index contributed by atoms with van der Waals surface area (Å²) < 4.78 is 29.0. The molecule has 3 rings (SSSR count). The Kier molecular flexibility index (Phi) is 4.15. The van der Waals surface area contributed by atoms with Crippen molar-refractivity contribution in [1.29, 1.82) is 0 Å². The summed E-state index contributed by atoms with van der Waals surface area (Å²) in [4.78, 5) is 12.6. The van der Waals surface area contributed by atoms with Gasteiger partial charge in [-0.25, -0.2) is 8.78 Å². The Bertz CT molecular complexity index is 779. The zero-order valence-electron chi connectivity index (χ0n) is 14.1. The van der Waals surface area contributed by atoms with Gasteiger partial charge in [0.1, 0.15) is 17.3 Å². The van der Waals surface area contributed by atoms with Crippen LogP contribution in [0, 0.1) is 17.6 Å². The number of nitrogens with zero attached hydrogens (tertiary/aromatic N) is 2. The molecule has 0 bridgehead atoms. The molecule has 1 amide bonds. The Morgan fingerprint density at radius 2 is 2.04 bits per heavy atom. The molecule has 4 nitrogen and oxygen atoms in total. The van der Waals surface area contributed by atoms with Gasteiger partial charge in [0.05, 0.1) is 11.2 Å². The van der Waals surface area contributed by atoms with Crippen LogP contribution in [-0.4, -0.2) is 15.7 Å². The smallest absolute Gasteiger partial charge is 0.270 e. The van der Waals surface area contributed by atoms with Gasteiger partial charge in [-0.1, -0.05) is 13.8 Å². The average Bonchev–Trinajstić information content (AvgIpc) is 3.17. The van der Waals surface area contributed by atoms with E-state index in [4.69, 9.17) is 0 Å². The van der Waals surface area contributed by atoms with Crippen LogP contribution in [0.5, 0.6) is 0 Å². The number of carbonyl (C=O) groups is 1. The van der Waals surface area contributed by atoms with Gasteiger partial charge in [-0.2, -0.15) is 5.10 Å². The van der Waals surface area contributed by atoms with Crippen LogP contribution < -0.4 is 5.32 Å². The molecular formula is C18H21F2N3O. The maximum Gasteiger partial charge on any atom is 0.270 e. The molecule has 1 fully saturated rings. The van der Waals surface area contributed by atoms with Crippen molar-refractivity contribution in [2.24, 2.45) is 13.0 Å². The third-order valence-corrected chi connectivity index (χ3v) is 4.33. The van der Waals surface area contributed by atoms with Crippen molar-refractivity contribution >= 4 is 5.91 Å². The maximum atomic E-state index is 14.0. The van der Waals surface area contributed by atoms with Gasteiger partial charge in [0, 0.05) is 12.6 Å². The van der Waals surface area contributed by atoms with Crippen molar-refractivity contribution in [1.82, 2.24) is 15.1 Å². The molecule has 0 saturated heterocycles. The van der Waals surface area contributed by atoms with Gasteiger partial charge in [0.25, 0.3) is 5.91 Å². The van der Waals surface area contributed by atoms with Crippen molar-refractivity contribution < 1.29 is 13.6 Å². The molecule has 0 aliphatic heterocycles. The summed E-state index contributed by atoms with van der Waals surface area (Å²) in [7, 11) is 1.71. The fourth-order valence-corrected chi connectivity index (χ4v) is 2.99. The van der Waals surface area contributed by atoms with Crippen LogP contribution >= 0.6 is 0 Å². The number of hydrogen-bond donors (Lipinski definition) is 1. The van der Waals surface area contributed by atoms with Crippen molar-refractivity contribution in [3.8, 4) is 0 Å². The fraction of sp³-hybridized carbons (Fsp3) is 0.444. The number of hydrogen-bond acceptors (Lipinski definition) is 2. The molecule has 0 radical (unpaired) electrons. The van der Waals surface area contributed by atoms with Crippen LogP contribution in [-0.2, 0) is 19.0 Å². The highest BCUT2D eigenvalue weighted by atomic mass is 19.1. The molecule has 0 unspecified atom stereocenters. The fourth-order valence-electron chi connectivity index (χ4n) is 2.99. The van der Waals surface area contributed by atoms with E-state index in [1.807, 2.05) is 0 Å². The SMILES string of the molecule is CC(C)Cc1cc(C(=O)NC2(c3cc(F)ccc3F)CC2)n(C)n1. The van der Waals surface area contributed by atoms with E-state index in [9.17, 15) is 13.6 Å². The second-order valence-electron chi connectivity index (χ2n) is 6.90.